The maximum absolute atomic E-state index is 13.2. The SMILES string of the molecule is CCc1ccc(CCC(=O)N(Cc2ccccc2)C(C)C(=O)NC2CCCC2)cc1. The molecule has 0 aromatic heterocycles. The monoisotopic (exact) mass is 406 g/mol. The smallest absolute Gasteiger partial charge is 0.242 e. The Kier molecular flexibility index (Phi) is 8.06. The molecule has 2 aromatic carbocycles. The van der Waals surface area contributed by atoms with Gasteiger partial charge in [-0.15, -0.1) is 0 Å². The summed E-state index contributed by atoms with van der Waals surface area (Å²) in [6, 6.07) is 18.1. The van der Waals surface area contributed by atoms with Gasteiger partial charge < -0.3 is 10.2 Å². The van der Waals surface area contributed by atoms with E-state index in [4.69, 9.17) is 0 Å². The molecule has 1 unspecified atom stereocenters. The van der Waals surface area contributed by atoms with E-state index in [2.05, 4.69) is 36.5 Å². The van der Waals surface area contributed by atoms with Gasteiger partial charge in [-0.25, -0.2) is 0 Å². The van der Waals surface area contributed by atoms with Crippen molar-refractivity contribution in [1.29, 1.82) is 0 Å². The molecule has 3 rings (SSSR count). The van der Waals surface area contributed by atoms with Crippen molar-refractivity contribution in [3.05, 3.63) is 71.3 Å². The molecule has 0 radical (unpaired) electrons. The van der Waals surface area contributed by atoms with Crippen molar-refractivity contribution >= 4 is 11.8 Å². The Hall–Kier alpha value is -2.62. The zero-order valence-corrected chi connectivity index (χ0v) is 18.3. The van der Waals surface area contributed by atoms with Gasteiger partial charge >= 0.3 is 0 Å². The lowest BCUT2D eigenvalue weighted by atomic mass is 10.0. The summed E-state index contributed by atoms with van der Waals surface area (Å²) in [4.78, 5) is 27.8. The Morgan fingerprint density at radius 2 is 1.60 bits per heavy atom. The largest absolute Gasteiger partial charge is 0.352 e. The van der Waals surface area contributed by atoms with Crippen LogP contribution in [-0.4, -0.2) is 28.8 Å². The number of nitrogens with one attached hydrogen (secondary N) is 1. The molecule has 1 aliphatic carbocycles. The topological polar surface area (TPSA) is 49.4 Å². The van der Waals surface area contributed by atoms with E-state index in [1.807, 2.05) is 37.3 Å². The number of rotatable bonds is 9. The van der Waals surface area contributed by atoms with Crippen molar-refractivity contribution in [2.45, 2.75) is 77.4 Å². The summed E-state index contributed by atoms with van der Waals surface area (Å²) in [6.07, 6.45) is 6.52. The van der Waals surface area contributed by atoms with Gasteiger partial charge in [0.25, 0.3) is 0 Å². The maximum atomic E-state index is 13.2. The van der Waals surface area contributed by atoms with Crippen molar-refractivity contribution in [3.8, 4) is 0 Å². The molecule has 2 amide bonds. The molecular formula is C26H34N2O2. The van der Waals surface area contributed by atoms with E-state index in [9.17, 15) is 9.59 Å². The summed E-state index contributed by atoms with van der Waals surface area (Å²) in [5.74, 6) is -0.0222. The number of amides is 2. The predicted molar refractivity (Wildman–Crippen MR) is 121 cm³/mol. The van der Waals surface area contributed by atoms with Crippen LogP contribution in [0.3, 0.4) is 0 Å². The first-order valence-corrected chi connectivity index (χ1v) is 11.3. The minimum atomic E-state index is -0.485. The lowest BCUT2D eigenvalue weighted by molar-refractivity contribution is -0.140. The second-order valence-electron chi connectivity index (χ2n) is 8.34. The number of nitrogens with zero attached hydrogens (tertiary/aromatic N) is 1. The third-order valence-electron chi connectivity index (χ3n) is 6.12. The lowest BCUT2D eigenvalue weighted by Crippen LogP contribution is -2.49. The van der Waals surface area contributed by atoms with Gasteiger partial charge in [-0.1, -0.05) is 74.4 Å². The fourth-order valence-corrected chi connectivity index (χ4v) is 4.09. The molecule has 0 spiro atoms. The van der Waals surface area contributed by atoms with Crippen LogP contribution in [0.5, 0.6) is 0 Å². The number of benzene rings is 2. The highest BCUT2D eigenvalue weighted by molar-refractivity contribution is 5.87. The van der Waals surface area contributed by atoms with E-state index >= 15 is 0 Å². The van der Waals surface area contributed by atoms with Gasteiger partial charge in [0.15, 0.2) is 0 Å². The summed E-state index contributed by atoms with van der Waals surface area (Å²) in [5.41, 5.74) is 3.50. The molecule has 0 aliphatic heterocycles. The summed E-state index contributed by atoms with van der Waals surface area (Å²) in [5, 5.41) is 3.15. The van der Waals surface area contributed by atoms with Crippen molar-refractivity contribution < 1.29 is 9.59 Å². The average Bonchev–Trinajstić information content (AvgIpc) is 3.29. The first-order chi connectivity index (χ1) is 14.6. The second-order valence-corrected chi connectivity index (χ2v) is 8.34. The van der Waals surface area contributed by atoms with Gasteiger partial charge in [0.1, 0.15) is 6.04 Å². The molecule has 0 saturated heterocycles. The number of carbonyl (C=O) groups excluding carboxylic acids is 2. The van der Waals surface area contributed by atoms with Gasteiger partial charge in [0.2, 0.25) is 11.8 Å². The normalized spacial score (nSPS) is 15.0. The van der Waals surface area contributed by atoms with Gasteiger partial charge in [-0.05, 0) is 49.3 Å². The van der Waals surface area contributed by atoms with Gasteiger partial charge in [-0.2, -0.15) is 0 Å². The number of carbonyl (C=O) groups is 2. The molecular weight excluding hydrogens is 372 g/mol. The van der Waals surface area contributed by atoms with Crippen LogP contribution in [-0.2, 0) is 29.0 Å². The summed E-state index contributed by atoms with van der Waals surface area (Å²) < 4.78 is 0. The van der Waals surface area contributed by atoms with E-state index < -0.39 is 6.04 Å². The van der Waals surface area contributed by atoms with Crippen LogP contribution in [0, 0.1) is 0 Å². The average molecular weight is 407 g/mol. The van der Waals surface area contributed by atoms with Crippen LogP contribution in [0.15, 0.2) is 54.6 Å². The quantitative estimate of drug-likeness (QED) is 0.659. The van der Waals surface area contributed by atoms with Crippen molar-refractivity contribution in [3.63, 3.8) is 0 Å². The molecule has 4 heteroatoms. The number of hydrogen-bond acceptors (Lipinski definition) is 2. The van der Waals surface area contributed by atoms with E-state index in [1.54, 1.807) is 4.90 Å². The molecule has 160 valence electrons. The Morgan fingerprint density at radius 3 is 2.23 bits per heavy atom. The summed E-state index contributed by atoms with van der Waals surface area (Å²) in [6.45, 7) is 4.44. The Balaban J connectivity index is 1.66. The van der Waals surface area contributed by atoms with Crippen LogP contribution >= 0.6 is 0 Å². The minimum Gasteiger partial charge on any atom is -0.352 e. The van der Waals surface area contributed by atoms with E-state index in [-0.39, 0.29) is 17.9 Å². The minimum absolute atomic E-state index is 0.0208. The fraction of sp³-hybridized carbons (Fsp3) is 0.462. The summed E-state index contributed by atoms with van der Waals surface area (Å²) >= 11 is 0. The van der Waals surface area contributed by atoms with E-state index in [0.717, 1.165) is 30.4 Å². The molecule has 1 aliphatic rings. The summed E-state index contributed by atoms with van der Waals surface area (Å²) in [7, 11) is 0. The van der Waals surface area contributed by atoms with Crippen LogP contribution in [0.2, 0.25) is 0 Å². The lowest BCUT2D eigenvalue weighted by Gasteiger charge is -2.30. The molecule has 1 fully saturated rings. The molecule has 1 saturated carbocycles. The third kappa shape index (κ3) is 6.19. The molecule has 1 N–H and O–H groups in total. The molecule has 4 nitrogen and oxygen atoms in total. The van der Waals surface area contributed by atoms with Crippen LogP contribution < -0.4 is 5.32 Å². The van der Waals surface area contributed by atoms with Gasteiger partial charge in [0, 0.05) is 19.0 Å². The molecule has 30 heavy (non-hydrogen) atoms. The molecule has 0 bridgehead atoms. The first-order valence-electron chi connectivity index (χ1n) is 11.3. The van der Waals surface area contributed by atoms with Crippen molar-refractivity contribution in [1.82, 2.24) is 10.2 Å². The Morgan fingerprint density at radius 1 is 0.967 bits per heavy atom. The fourth-order valence-electron chi connectivity index (χ4n) is 4.09. The van der Waals surface area contributed by atoms with E-state index in [0.29, 0.717) is 19.4 Å². The maximum Gasteiger partial charge on any atom is 0.242 e. The highest BCUT2D eigenvalue weighted by Crippen LogP contribution is 2.19. The molecule has 1 atom stereocenters. The van der Waals surface area contributed by atoms with Crippen molar-refractivity contribution in [2.75, 3.05) is 0 Å². The predicted octanol–water partition coefficient (Wildman–Crippen LogP) is 4.66. The highest BCUT2D eigenvalue weighted by atomic mass is 16.2. The Bertz CT molecular complexity index is 811. The Labute approximate surface area is 180 Å². The van der Waals surface area contributed by atoms with Gasteiger partial charge in [-0.3, -0.25) is 9.59 Å². The van der Waals surface area contributed by atoms with E-state index in [1.165, 1.54) is 18.4 Å². The molecule has 2 aromatic rings. The zero-order valence-electron chi connectivity index (χ0n) is 18.3. The number of hydrogen-bond donors (Lipinski definition) is 1. The van der Waals surface area contributed by atoms with Gasteiger partial charge in [0.05, 0.1) is 0 Å². The first kappa shape index (κ1) is 22.1. The number of aryl methyl sites for hydroxylation is 2. The second kappa shape index (κ2) is 11.0. The van der Waals surface area contributed by atoms with Crippen LogP contribution in [0.4, 0.5) is 0 Å². The third-order valence-corrected chi connectivity index (χ3v) is 6.12. The molecule has 0 heterocycles. The standard InChI is InChI=1S/C26H34N2O2/c1-3-21-13-15-22(16-14-21)17-18-25(29)28(19-23-9-5-4-6-10-23)20(2)26(30)27-24-11-7-8-12-24/h4-6,9-10,13-16,20,24H,3,7-8,11-12,17-19H2,1-2H3,(H,27,30). The van der Waals surface area contributed by atoms with Crippen molar-refractivity contribution in [2.24, 2.45) is 0 Å². The van der Waals surface area contributed by atoms with Crippen LogP contribution in [0.1, 0.15) is 62.6 Å². The highest BCUT2D eigenvalue weighted by Gasteiger charge is 2.28. The van der Waals surface area contributed by atoms with Crippen LogP contribution in [0.25, 0.3) is 0 Å². The zero-order chi connectivity index (χ0) is 21.3.